The van der Waals surface area contributed by atoms with Gasteiger partial charge in [0.1, 0.15) is 12.4 Å². The lowest BCUT2D eigenvalue weighted by Crippen LogP contribution is -2.41. The number of aromatic nitrogens is 1. The Labute approximate surface area is 162 Å². The van der Waals surface area contributed by atoms with Crippen molar-refractivity contribution < 1.29 is 4.74 Å². The van der Waals surface area contributed by atoms with E-state index in [1.807, 2.05) is 18.5 Å². The van der Waals surface area contributed by atoms with Gasteiger partial charge in [-0.3, -0.25) is 14.8 Å². The summed E-state index contributed by atoms with van der Waals surface area (Å²) >= 11 is 0. The van der Waals surface area contributed by atoms with Crippen molar-refractivity contribution in [1.29, 1.82) is 0 Å². The Morgan fingerprint density at radius 2 is 2.00 bits per heavy atom. The number of para-hydroxylation sites is 1. The predicted molar refractivity (Wildman–Crippen MR) is 110 cm³/mol. The average Bonchev–Trinajstić information content (AvgIpc) is 3.16. The highest BCUT2D eigenvalue weighted by Crippen LogP contribution is 2.27. The van der Waals surface area contributed by atoms with Crippen LogP contribution < -0.4 is 4.74 Å². The molecule has 0 saturated carbocycles. The number of likely N-dealkylation sites (tertiary alicyclic amines) is 1. The van der Waals surface area contributed by atoms with Crippen molar-refractivity contribution in [3.8, 4) is 5.75 Å². The number of ether oxygens (including phenoxy) is 1. The second kappa shape index (κ2) is 8.68. The van der Waals surface area contributed by atoms with E-state index in [0.717, 1.165) is 31.9 Å². The first-order valence-electron chi connectivity index (χ1n) is 10.1. The summed E-state index contributed by atoms with van der Waals surface area (Å²) in [4.78, 5) is 9.37. The van der Waals surface area contributed by atoms with Gasteiger partial charge in [-0.1, -0.05) is 25.1 Å². The van der Waals surface area contributed by atoms with Gasteiger partial charge in [-0.25, -0.2) is 0 Å². The molecule has 142 valence electrons. The minimum absolute atomic E-state index is 0.661. The van der Waals surface area contributed by atoms with Crippen molar-refractivity contribution in [3.63, 3.8) is 0 Å². The fourth-order valence-electron chi connectivity index (χ4n) is 4.29. The normalized spacial score (nSPS) is 19.6. The van der Waals surface area contributed by atoms with E-state index in [2.05, 4.69) is 58.1 Å². The highest BCUT2D eigenvalue weighted by molar-refractivity contribution is 5.62. The van der Waals surface area contributed by atoms with Crippen molar-refractivity contribution in [3.05, 3.63) is 65.5 Å². The Hall–Kier alpha value is -2.17. The molecule has 1 aromatic heterocycles. The van der Waals surface area contributed by atoms with E-state index in [4.69, 9.17) is 4.74 Å². The number of benzene rings is 1. The lowest BCUT2D eigenvalue weighted by molar-refractivity contribution is 0.176. The second-order valence-corrected chi connectivity index (χ2v) is 7.58. The van der Waals surface area contributed by atoms with Gasteiger partial charge in [0.15, 0.2) is 0 Å². The molecule has 0 bridgehead atoms. The Bertz CT molecular complexity index is 774. The number of nitrogens with zero attached hydrogens (tertiary/aromatic N) is 3. The molecule has 2 aromatic rings. The van der Waals surface area contributed by atoms with Crippen LogP contribution in [0.5, 0.6) is 5.75 Å². The van der Waals surface area contributed by atoms with Gasteiger partial charge in [-0.15, -0.1) is 0 Å². The van der Waals surface area contributed by atoms with Crippen molar-refractivity contribution in [2.45, 2.75) is 32.4 Å². The minimum Gasteiger partial charge on any atom is -0.489 e. The summed E-state index contributed by atoms with van der Waals surface area (Å²) in [6, 6.07) is 13.2. The summed E-state index contributed by atoms with van der Waals surface area (Å²) < 4.78 is 5.98. The molecule has 1 aromatic carbocycles. The van der Waals surface area contributed by atoms with E-state index >= 15 is 0 Å². The zero-order chi connectivity index (χ0) is 18.5. The van der Waals surface area contributed by atoms with Gasteiger partial charge in [-0.05, 0) is 61.3 Å². The van der Waals surface area contributed by atoms with Crippen LogP contribution in [0.1, 0.15) is 30.9 Å². The molecule has 0 spiro atoms. The summed E-state index contributed by atoms with van der Waals surface area (Å²) in [5, 5.41) is 0. The van der Waals surface area contributed by atoms with E-state index in [1.165, 1.54) is 36.1 Å². The van der Waals surface area contributed by atoms with Crippen molar-refractivity contribution >= 4 is 6.08 Å². The van der Waals surface area contributed by atoms with Crippen LogP contribution in [0.4, 0.5) is 0 Å². The monoisotopic (exact) mass is 363 g/mol. The molecule has 0 N–H and O–H groups in total. The first kappa shape index (κ1) is 18.2. The Morgan fingerprint density at radius 1 is 1.15 bits per heavy atom. The SMILES string of the molecule is CCN1CCC[C@H]1CN(CC1=Cc2ccccc2OC1)Cc1ccncc1. The molecule has 2 aliphatic rings. The van der Waals surface area contributed by atoms with Gasteiger partial charge in [0.2, 0.25) is 0 Å². The maximum atomic E-state index is 5.98. The maximum absolute atomic E-state index is 5.98. The molecule has 4 heteroatoms. The molecule has 1 saturated heterocycles. The Kier molecular flexibility index (Phi) is 5.85. The number of pyridine rings is 1. The molecule has 4 nitrogen and oxygen atoms in total. The first-order valence-corrected chi connectivity index (χ1v) is 10.1. The number of rotatable bonds is 7. The third kappa shape index (κ3) is 4.57. The lowest BCUT2D eigenvalue weighted by Gasteiger charge is -2.31. The van der Waals surface area contributed by atoms with Gasteiger partial charge in [0.25, 0.3) is 0 Å². The zero-order valence-corrected chi connectivity index (χ0v) is 16.2. The van der Waals surface area contributed by atoms with Crippen LogP contribution in [0.2, 0.25) is 0 Å². The van der Waals surface area contributed by atoms with Crippen LogP contribution in [0.15, 0.2) is 54.4 Å². The Balaban J connectivity index is 1.50. The van der Waals surface area contributed by atoms with E-state index in [0.29, 0.717) is 12.6 Å². The third-order valence-electron chi connectivity index (χ3n) is 5.65. The molecule has 0 unspecified atom stereocenters. The number of hydrogen-bond acceptors (Lipinski definition) is 4. The zero-order valence-electron chi connectivity index (χ0n) is 16.2. The summed E-state index contributed by atoms with van der Waals surface area (Å²) in [5.74, 6) is 0.995. The third-order valence-corrected chi connectivity index (χ3v) is 5.65. The fourth-order valence-corrected chi connectivity index (χ4v) is 4.29. The molecule has 1 atom stereocenters. The van der Waals surface area contributed by atoms with E-state index < -0.39 is 0 Å². The minimum atomic E-state index is 0.661. The lowest BCUT2D eigenvalue weighted by atomic mass is 10.1. The molecule has 0 aliphatic carbocycles. The van der Waals surface area contributed by atoms with Crippen LogP contribution >= 0.6 is 0 Å². The van der Waals surface area contributed by atoms with Crippen LogP contribution in [0.3, 0.4) is 0 Å². The Morgan fingerprint density at radius 3 is 2.85 bits per heavy atom. The van der Waals surface area contributed by atoms with Crippen molar-refractivity contribution in [2.24, 2.45) is 0 Å². The van der Waals surface area contributed by atoms with Crippen LogP contribution in [0.25, 0.3) is 6.08 Å². The largest absolute Gasteiger partial charge is 0.489 e. The molecule has 0 radical (unpaired) electrons. The smallest absolute Gasteiger partial charge is 0.127 e. The standard InChI is InChI=1S/C23H29N3O/c1-2-26-13-5-7-22(26)17-25(15-19-9-11-24-12-10-19)16-20-14-21-6-3-4-8-23(21)27-18-20/h3-4,6,8-12,14,22H,2,5,7,13,15-18H2,1H3/t22-/m0/s1. The van der Waals surface area contributed by atoms with E-state index in [-0.39, 0.29) is 0 Å². The fraction of sp³-hybridized carbons (Fsp3) is 0.435. The number of fused-ring (bicyclic) bond motifs is 1. The summed E-state index contributed by atoms with van der Waals surface area (Å²) in [5.41, 5.74) is 3.87. The quantitative estimate of drug-likeness (QED) is 0.747. The highest BCUT2D eigenvalue weighted by atomic mass is 16.5. The summed E-state index contributed by atoms with van der Waals surface area (Å²) in [6.07, 6.45) is 8.71. The van der Waals surface area contributed by atoms with Crippen LogP contribution in [-0.4, -0.2) is 53.6 Å². The topological polar surface area (TPSA) is 28.6 Å². The van der Waals surface area contributed by atoms with Crippen molar-refractivity contribution in [1.82, 2.24) is 14.8 Å². The average molecular weight is 364 g/mol. The second-order valence-electron chi connectivity index (χ2n) is 7.58. The molecule has 0 amide bonds. The molecule has 2 aliphatic heterocycles. The maximum Gasteiger partial charge on any atom is 0.127 e. The predicted octanol–water partition coefficient (Wildman–Crippen LogP) is 3.84. The van der Waals surface area contributed by atoms with Gasteiger partial charge in [0, 0.05) is 43.6 Å². The highest BCUT2D eigenvalue weighted by Gasteiger charge is 2.26. The van der Waals surface area contributed by atoms with Crippen LogP contribution in [0, 0.1) is 0 Å². The van der Waals surface area contributed by atoms with Crippen molar-refractivity contribution in [2.75, 3.05) is 32.8 Å². The van der Waals surface area contributed by atoms with E-state index in [1.54, 1.807) is 0 Å². The molecule has 1 fully saturated rings. The van der Waals surface area contributed by atoms with Gasteiger partial charge >= 0.3 is 0 Å². The molecule has 3 heterocycles. The molecular weight excluding hydrogens is 334 g/mol. The van der Waals surface area contributed by atoms with Gasteiger partial charge in [-0.2, -0.15) is 0 Å². The summed E-state index contributed by atoms with van der Waals surface area (Å²) in [7, 11) is 0. The van der Waals surface area contributed by atoms with E-state index in [9.17, 15) is 0 Å². The number of hydrogen-bond donors (Lipinski definition) is 0. The van der Waals surface area contributed by atoms with Crippen LogP contribution in [-0.2, 0) is 6.54 Å². The summed E-state index contributed by atoms with van der Waals surface area (Å²) in [6.45, 7) is 8.36. The number of likely N-dealkylation sites (N-methyl/N-ethyl adjacent to an activating group) is 1. The molecule has 27 heavy (non-hydrogen) atoms. The van der Waals surface area contributed by atoms with Gasteiger partial charge in [0.05, 0.1) is 0 Å². The van der Waals surface area contributed by atoms with Gasteiger partial charge < -0.3 is 4.74 Å². The first-order chi connectivity index (χ1) is 13.3. The molecule has 4 rings (SSSR count). The molecular formula is C23H29N3O.